The van der Waals surface area contributed by atoms with Gasteiger partial charge in [-0.25, -0.2) is 0 Å². The number of carbonyl (C=O) groups is 1. The maximum Gasteiger partial charge on any atom is 0.250 e. The minimum Gasteiger partial charge on any atom is -0.353 e. The summed E-state index contributed by atoms with van der Waals surface area (Å²) >= 11 is 6.15. The zero-order valence-electron chi connectivity index (χ0n) is 17.6. The van der Waals surface area contributed by atoms with Gasteiger partial charge < -0.3 is 10.2 Å². The van der Waals surface area contributed by atoms with E-state index in [1.165, 1.54) is 12.8 Å². The number of amides is 1. The van der Waals surface area contributed by atoms with Crippen LogP contribution in [0.15, 0.2) is 53.8 Å². The predicted octanol–water partition coefficient (Wildman–Crippen LogP) is 4.63. The highest BCUT2D eigenvalue weighted by Crippen LogP contribution is 2.45. The number of hydrogen-bond acceptors (Lipinski definition) is 4. The summed E-state index contributed by atoms with van der Waals surface area (Å²) in [6, 6.07) is 11.6. The Kier molecular flexibility index (Phi) is 6.09. The van der Waals surface area contributed by atoms with Crippen LogP contribution >= 0.6 is 11.6 Å². The molecule has 0 spiro atoms. The first-order valence-electron chi connectivity index (χ1n) is 10.7. The first kappa shape index (κ1) is 20.9. The minimum atomic E-state index is -0.862. The lowest BCUT2D eigenvalue weighted by Crippen LogP contribution is -2.51. The molecule has 2 atom stereocenters. The van der Waals surface area contributed by atoms with Crippen LogP contribution in [0.3, 0.4) is 0 Å². The average molecular weight is 425 g/mol. The summed E-state index contributed by atoms with van der Waals surface area (Å²) in [6.45, 7) is 5.67. The zero-order chi connectivity index (χ0) is 21.1. The van der Waals surface area contributed by atoms with Crippen LogP contribution in [-0.4, -0.2) is 34.2 Å². The van der Waals surface area contributed by atoms with Crippen molar-refractivity contribution in [1.82, 2.24) is 15.2 Å². The molecule has 1 N–H and O–H groups in total. The van der Waals surface area contributed by atoms with Gasteiger partial charge >= 0.3 is 0 Å². The van der Waals surface area contributed by atoms with Gasteiger partial charge in [0.15, 0.2) is 5.54 Å². The van der Waals surface area contributed by atoms with E-state index >= 15 is 0 Å². The van der Waals surface area contributed by atoms with E-state index in [1.54, 1.807) is 12.4 Å². The van der Waals surface area contributed by atoms with Crippen LogP contribution in [0.25, 0.3) is 0 Å². The molecule has 1 aliphatic heterocycles. The molecule has 1 fully saturated rings. The lowest BCUT2D eigenvalue weighted by Gasteiger charge is -2.38. The number of rotatable bonds is 8. The molecular formula is C24H29ClN4O. The maximum absolute atomic E-state index is 13.7. The van der Waals surface area contributed by atoms with Gasteiger partial charge in [-0.3, -0.25) is 14.8 Å². The van der Waals surface area contributed by atoms with E-state index in [2.05, 4.69) is 29.0 Å². The monoisotopic (exact) mass is 424 g/mol. The van der Waals surface area contributed by atoms with Crippen molar-refractivity contribution in [1.29, 1.82) is 0 Å². The standard InChI is InChI=1S/C24H29ClN4O/c1-17(2)12-24(23(30)27-14-19-4-3-11-26-13-19)22(20-7-9-21(25)10-8-20)29(16-28-24)15-18-5-6-18/h3-4,7-11,13,16-18,22H,5-6,12,14-15H2,1-2H3,(H,27,30)/t22-,24+/m0/s1. The van der Waals surface area contributed by atoms with E-state index < -0.39 is 5.54 Å². The van der Waals surface area contributed by atoms with E-state index in [4.69, 9.17) is 16.6 Å². The molecule has 4 rings (SSSR count). The van der Waals surface area contributed by atoms with Gasteiger partial charge in [0.2, 0.25) is 0 Å². The molecular weight excluding hydrogens is 396 g/mol. The highest BCUT2D eigenvalue weighted by atomic mass is 35.5. The average Bonchev–Trinajstić information content (AvgIpc) is 3.48. The molecule has 2 aliphatic rings. The third kappa shape index (κ3) is 4.51. The summed E-state index contributed by atoms with van der Waals surface area (Å²) in [5, 5.41) is 3.84. The van der Waals surface area contributed by atoms with Crippen LogP contribution in [0.2, 0.25) is 5.02 Å². The number of carbonyl (C=O) groups excluding carboxylic acids is 1. The molecule has 5 nitrogen and oxygen atoms in total. The second-order valence-corrected chi connectivity index (χ2v) is 9.34. The molecule has 6 heteroatoms. The van der Waals surface area contributed by atoms with Crippen LogP contribution in [0, 0.1) is 11.8 Å². The summed E-state index contributed by atoms with van der Waals surface area (Å²) in [5.41, 5.74) is 1.19. The minimum absolute atomic E-state index is 0.0328. The van der Waals surface area contributed by atoms with E-state index in [1.807, 2.05) is 42.7 Å². The molecule has 1 amide bonds. The number of halogens is 1. The Morgan fingerprint density at radius 3 is 2.67 bits per heavy atom. The molecule has 0 unspecified atom stereocenters. The number of pyridine rings is 1. The molecule has 2 aromatic rings. The second kappa shape index (κ2) is 8.76. The lowest BCUT2D eigenvalue weighted by molar-refractivity contribution is -0.128. The number of nitrogens with one attached hydrogen (secondary N) is 1. The maximum atomic E-state index is 13.7. The van der Waals surface area contributed by atoms with Gasteiger partial charge in [0.05, 0.1) is 12.4 Å². The fraction of sp³-hybridized carbons (Fsp3) is 0.458. The molecule has 2 heterocycles. The summed E-state index contributed by atoms with van der Waals surface area (Å²) in [7, 11) is 0. The quantitative estimate of drug-likeness (QED) is 0.672. The summed E-state index contributed by atoms with van der Waals surface area (Å²) in [4.78, 5) is 25.0. The van der Waals surface area contributed by atoms with Crippen molar-refractivity contribution in [3.63, 3.8) is 0 Å². The number of nitrogens with zero attached hydrogens (tertiary/aromatic N) is 3. The zero-order valence-corrected chi connectivity index (χ0v) is 18.3. The van der Waals surface area contributed by atoms with Crippen molar-refractivity contribution in [2.45, 2.75) is 51.2 Å². The van der Waals surface area contributed by atoms with E-state index in [-0.39, 0.29) is 11.9 Å². The molecule has 0 saturated heterocycles. The van der Waals surface area contributed by atoms with Crippen molar-refractivity contribution in [3.8, 4) is 0 Å². The molecule has 158 valence electrons. The highest BCUT2D eigenvalue weighted by Gasteiger charge is 2.52. The lowest BCUT2D eigenvalue weighted by atomic mass is 9.78. The third-order valence-electron chi connectivity index (χ3n) is 5.86. The van der Waals surface area contributed by atoms with E-state index in [9.17, 15) is 4.79 Å². The Labute approximate surface area is 183 Å². The fourth-order valence-electron chi connectivity index (χ4n) is 4.35. The third-order valence-corrected chi connectivity index (χ3v) is 6.11. The first-order valence-corrected chi connectivity index (χ1v) is 11.1. The molecule has 1 saturated carbocycles. The van der Waals surface area contributed by atoms with Gasteiger partial charge in [-0.15, -0.1) is 0 Å². The molecule has 1 aromatic heterocycles. The molecule has 30 heavy (non-hydrogen) atoms. The van der Waals surface area contributed by atoms with Crippen molar-refractivity contribution < 1.29 is 4.79 Å². The van der Waals surface area contributed by atoms with Crippen LogP contribution in [-0.2, 0) is 11.3 Å². The van der Waals surface area contributed by atoms with Gasteiger partial charge in [-0.1, -0.05) is 43.6 Å². The van der Waals surface area contributed by atoms with Crippen LogP contribution in [0.4, 0.5) is 0 Å². The summed E-state index contributed by atoms with van der Waals surface area (Å²) < 4.78 is 0. The van der Waals surface area contributed by atoms with Gasteiger partial charge in [-0.2, -0.15) is 0 Å². The Hall–Kier alpha value is -2.40. The van der Waals surface area contributed by atoms with Crippen molar-refractivity contribution in [2.24, 2.45) is 16.8 Å². The van der Waals surface area contributed by atoms with Gasteiger partial charge in [0.1, 0.15) is 0 Å². The topological polar surface area (TPSA) is 57.6 Å². The number of aromatic nitrogens is 1. The summed E-state index contributed by atoms with van der Waals surface area (Å²) in [6.07, 6.45) is 8.60. The fourth-order valence-corrected chi connectivity index (χ4v) is 4.48. The normalized spacial score (nSPS) is 23.2. The molecule has 0 bridgehead atoms. The number of aliphatic imine (C=N–C) groups is 1. The Balaban J connectivity index is 1.65. The predicted molar refractivity (Wildman–Crippen MR) is 120 cm³/mol. The van der Waals surface area contributed by atoms with Crippen LogP contribution in [0.5, 0.6) is 0 Å². The van der Waals surface area contributed by atoms with Gasteiger partial charge in [0, 0.05) is 30.5 Å². The number of hydrogen-bond donors (Lipinski definition) is 1. The van der Waals surface area contributed by atoms with Crippen LogP contribution in [0.1, 0.15) is 50.3 Å². The SMILES string of the molecule is CC(C)C[C@@]1(C(=O)NCc2cccnc2)N=CN(CC2CC2)[C@H]1c1ccc(Cl)cc1. The van der Waals surface area contributed by atoms with Crippen molar-refractivity contribution in [3.05, 3.63) is 64.9 Å². The largest absolute Gasteiger partial charge is 0.353 e. The van der Waals surface area contributed by atoms with Gasteiger partial charge in [0.25, 0.3) is 5.91 Å². The molecule has 1 aliphatic carbocycles. The second-order valence-electron chi connectivity index (χ2n) is 8.91. The molecule has 0 radical (unpaired) electrons. The van der Waals surface area contributed by atoms with Crippen molar-refractivity contribution >= 4 is 23.8 Å². The summed E-state index contributed by atoms with van der Waals surface area (Å²) in [5.74, 6) is 0.982. The van der Waals surface area contributed by atoms with Crippen LogP contribution < -0.4 is 5.32 Å². The van der Waals surface area contributed by atoms with Crippen molar-refractivity contribution in [2.75, 3.05) is 6.54 Å². The smallest absolute Gasteiger partial charge is 0.250 e. The first-order chi connectivity index (χ1) is 14.5. The number of benzene rings is 1. The Morgan fingerprint density at radius 1 is 1.27 bits per heavy atom. The molecule has 1 aromatic carbocycles. The van der Waals surface area contributed by atoms with E-state index in [0.717, 1.165) is 17.7 Å². The van der Waals surface area contributed by atoms with E-state index in [0.29, 0.717) is 29.8 Å². The van der Waals surface area contributed by atoms with Gasteiger partial charge in [-0.05, 0) is 60.4 Å². The Morgan fingerprint density at radius 2 is 2.03 bits per heavy atom. The Bertz CT molecular complexity index is 895. The highest BCUT2D eigenvalue weighted by molar-refractivity contribution is 6.30.